The predicted octanol–water partition coefficient (Wildman–Crippen LogP) is 4.50. The quantitative estimate of drug-likeness (QED) is 0.409. The molecule has 2 heterocycles. The lowest BCUT2D eigenvalue weighted by Crippen LogP contribution is -2.23. The molecule has 0 radical (unpaired) electrons. The molecule has 130 valence electrons. The summed E-state index contributed by atoms with van der Waals surface area (Å²) in [6.45, 7) is 0.478. The van der Waals surface area contributed by atoms with E-state index in [1.165, 1.54) is 11.6 Å². The van der Waals surface area contributed by atoms with Gasteiger partial charge in [0.05, 0.1) is 17.4 Å². The molecule has 0 aliphatic rings. The van der Waals surface area contributed by atoms with E-state index >= 15 is 0 Å². The predicted molar refractivity (Wildman–Crippen MR) is 107 cm³/mol. The van der Waals surface area contributed by atoms with Gasteiger partial charge in [0, 0.05) is 10.6 Å². The summed E-state index contributed by atoms with van der Waals surface area (Å²) in [6.07, 6.45) is 0. The summed E-state index contributed by atoms with van der Waals surface area (Å²) in [6, 6.07) is 18.8. The molecule has 1 N–H and O–H groups in total. The van der Waals surface area contributed by atoms with Gasteiger partial charge in [0.15, 0.2) is 5.16 Å². The van der Waals surface area contributed by atoms with Gasteiger partial charge in [0.25, 0.3) is 5.56 Å². The third-order valence-electron chi connectivity index (χ3n) is 4.01. The number of fused-ring (bicyclic) bond motifs is 1. The first kappa shape index (κ1) is 16.9. The van der Waals surface area contributed by atoms with Crippen LogP contribution >= 0.6 is 23.1 Å². The molecule has 4 rings (SSSR count). The molecular weight excluding hydrogens is 364 g/mol. The van der Waals surface area contributed by atoms with Crippen molar-refractivity contribution in [2.24, 2.45) is 0 Å². The molecule has 26 heavy (non-hydrogen) atoms. The summed E-state index contributed by atoms with van der Waals surface area (Å²) in [7, 11) is 0. The second-order valence-corrected chi connectivity index (χ2v) is 7.82. The number of hydrogen-bond acceptors (Lipinski definition) is 5. The number of phenols is 1. The molecule has 4 nitrogen and oxygen atoms in total. The van der Waals surface area contributed by atoms with Crippen LogP contribution in [0.2, 0.25) is 0 Å². The van der Waals surface area contributed by atoms with Crippen molar-refractivity contribution in [3.8, 4) is 5.75 Å². The number of benzene rings is 2. The van der Waals surface area contributed by atoms with Crippen LogP contribution in [0, 0.1) is 0 Å². The molecule has 0 amide bonds. The molecule has 0 spiro atoms. The summed E-state index contributed by atoms with van der Waals surface area (Å²) in [5.41, 5.74) is 1.65. The average molecular weight is 380 g/mol. The molecule has 0 fully saturated rings. The fourth-order valence-corrected chi connectivity index (χ4v) is 4.37. The van der Waals surface area contributed by atoms with E-state index < -0.39 is 0 Å². The van der Waals surface area contributed by atoms with E-state index in [0.717, 1.165) is 10.6 Å². The average Bonchev–Trinajstić information content (AvgIpc) is 3.17. The Hall–Kier alpha value is -2.57. The molecule has 2 aromatic carbocycles. The number of thioether (sulfide) groups is 1. The highest BCUT2D eigenvalue weighted by Gasteiger charge is 2.13. The van der Waals surface area contributed by atoms with Crippen molar-refractivity contribution in [3.63, 3.8) is 0 Å². The molecule has 0 aliphatic carbocycles. The summed E-state index contributed by atoms with van der Waals surface area (Å²) in [5, 5.41) is 12.9. The fraction of sp³-hybridized carbons (Fsp3) is 0.100. The Balaban J connectivity index is 1.78. The van der Waals surface area contributed by atoms with Crippen LogP contribution in [0.3, 0.4) is 0 Å². The van der Waals surface area contributed by atoms with Crippen molar-refractivity contribution in [2.45, 2.75) is 17.5 Å². The van der Waals surface area contributed by atoms with Crippen molar-refractivity contribution >= 4 is 34.0 Å². The maximum atomic E-state index is 13.0. The Bertz CT molecular complexity index is 1090. The number of aromatic hydroxyl groups is 1. The van der Waals surface area contributed by atoms with E-state index in [-0.39, 0.29) is 11.3 Å². The first-order valence-electron chi connectivity index (χ1n) is 8.13. The molecule has 0 saturated heterocycles. The molecular formula is C20H16N2O2S2. The van der Waals surface area contributed by atoms with E-state index in [2.05, 4.69) is 12.1 Å². The maximum Gasteiger partial charge on any atom is 0.262 e. The summed E-state index contributed by atoms with van der Waals surface area (Å²) < 4.78 is 1.70. The normalized spacial score (nSPS) is 11.1. The highest BCUT2D eigenvalue weighted by Crippen LogP contribution is 2.24. The van der Waals surface area contributed by atoms with Crippen LogP contribution in [0.25, 0.3) is 10.9 Å². The van der Waals surface area contributed by atoms with Gasteiger partial charge in [-0.25, -0.2) is 4.98 Å². The summed E-state index contributed by atoms with van der Waals surface area (Å²) in [5.74, 6) is 0.810. The van der Waals surface area contributed by atoms with Crippen molar-refractivity contribution in [1.29, 1.82) is 0 Å². The Morgan fingerprint density at radius 3 is 2.69 bits per heavy atom. The highest BCUT2D eigenvalue weighted by atomic mass is 32.2. The van der Waals surface area contributed by atoms with Gasteiger partial charge >= 0.3 is 0 Å². The van der Waals surface area contributed by atoms with Gasteiger partial charge in [-0.05, 0) is 35.2 Å². The summed E-state index contributed by atoms with van der Waals surface area (Å²) >= 11 is 3.16. The largest absolute Gasteiger partial charge is 0.508 e. The molecule has 0 saturated carbocycles. The topological polar surface area (TPSA) is 55.1 Å². The number of nitrogens with zero attached hydrogens (tertiary/aromatic N) is 2. The van der Waals surface area contributed by atoms with Crippen LogP contribution in [-0.2, 0) is 12.3 Å². The minimum Gasteiger partial charge on any atom is -0.508 e. The smallest absolute Gasteiger partial charge is 0.262 e. The van der Waals surface area contributed by atoms with E-state index in [0.29, 0.717) is 22.6 Å². The zero-order chi connectivity index (χ0) is 17.9. The SMILES string of the molecule is O=c1c2cc(O)ccc2nc(SCc2ccccc2)n1Cc1cccs1. The summed E-state index contributed by atoms with van der Waals surface area (Å²) in [4.78, 5) is 18.8. The molecule has 6 heteroatoms. The van der Waals surface area contributed by atoms with Crippen LogP contribution < -0.4 is 5.56 Å². The van der Waals surface area contributed by atoms with Crippen molar-refractivity contribution in [1.82, 2.24) is 9.55 Å². The number of hydrogen-bond donors (Lipinski definition) is 1. The standard InChI is InChI=1S/C20H16N2O2S2/c23-15-8-9-18-17(11-15)19(24)22(12-16-7-4-10-25-16)20(21-18)26-13-14-5-2-1-3-6-14/h1-11,23H,12-13H2. The molecule has 0 aliphatic heterocycles. The zero-order valence-electron chi connectivity index (χ0n) is 13.8. The van der Waals surface area contributed by atoms with Gasteiger partial charge in [-0.1, -0.05) is 48.2 Å². The Morgan fingerprint density at radius 2 is 1.92 bits per heavy atom. The first-order chi connectivity index (χ1) is 12.7. The Labute approximate surface area is 158 Å². The molecule has 0 atom stereocenters. The maximum absolute atomic E-state index is 13.0. The Kier molecular flexibility index (Phi) is 4.77. The number of rotatable bonds is 5. The minimum absolute atomic E-state index is 0.0729. The zero-order valence-corrected chi connectivity index (χ0v) is 15.5. The van der Waals surface area contributed by atoms with E-state index in [4.69, 9.17) is 4.98 Å². The van der Waals surface area contributed by atoms with Gasteiger partial charge in [0.1, 0.15) is 5.75 Å². The minimum atomic E-state index is -0.130. The third-order valence-corrected chi connectivity index (χ3v) is 5.92. The monoisotopic (exact) mass is 380 g/mol. The first-order valence-corrected chi connectivity index (χ1v) is 10.00. The van der Waals surface area contributed by atoms with Crippen LogP contribution in [0.1, 0.15) is 10.4 Å². The van der Waals surface area contributed by atoms with Gasteiger partial charge in [-0.15, -0.1) is 11.3 Å². The third kappa shape index (κ3) is 3.52. The number of thiophene rings is 1. The van der Waals surface area contributed by atoms with Crippen molar-refractivity contribution in [2.75, 3.05) is 0 Å². The molecule has 4 aromatic rings. The van der Waals surface area contributed by atoms with Crippen molar-refractivity contribution in [3.05, 3.63) is 86.8 Å². The lowest BCUT2D eigenvalue weighted by molar-refractivity contribution is 0.476. The van der Waals surface area contributed by atoms with E-state index in [1.807, 2.05) is 35.7 Å². The van der Waals surface area contributed by atoms with E-state index in [9.17, 15) is 9.90 Å². The van der Waals surface area contributed by atoms with E-state index in [1.54, 1.807) is 39.8 Å². The van der Waals surface area contributed by atoms with Gasteiger partial charge in [-0.2, -0.15) is 0 Å². The lowest BCUT2D eigenvalue weighted by Gasteiger charge is -2.12. The molecule has 0 bridgehead atoms. The van der Waals surface area contributed by atoms with Crippen molar-refractivity contribution < 1.29 is 5.11 Å². The van der Waals surface area contributed by atoms with Crippen LogP contribution in [-0.4, -0.2) is 14.7 Å². The molecule has 2 aromatic heterocycles. The van der Waals surface area contributed by atoms with Gasteiger partial charge < -0.3 is 5.11 Å². The fourth-order valence-electron chi connectivity index (χ4n) is 2.72. The molecule has 0 unspecified atom stereocenters. The lowest BCUT2D eigenvalue weighted by atomic mass is 10.2. The highest BCUT2D eigenvalue weighted by molar-refractivity contribution is 7.98. The Morgan fingerprint density at radius 1 is 1.08 bits per heavy atom. The van der Waals surface area contributed by atoms with Crippen LogP contribution in [0.15, 0.2) is 76.0 Å². The number of phenolic OH excluding ortho intramolecular Hbond substituents is 1. The second kappa shape index (κ2) is 7.35. The van der Waals surface area contributed by atoms with Crippen LogP contribution in [0.4, 0.5) is 0 Å². The number of aromatic nitrogens is 2. The van der Waals surface area contributed by atoms with Gasteiger partial charge in [-0.3, -0.25) is 9.36 Å². The van der Waals surface area contributed by atoms with Crippen LogP contribution in [0.5, 0.6) is 5.75 Å². The van der Waals surface area contributed by atoms with Gasteiger partial charge in [0.2, 0.25) is 0 Å². The second-order valence-electron chi connectivity index (χ2n) is 5.84.